The van der Waals surface area contributed by atoms with Crippen molar-refractivity contribution in [1.29, 1.82) is 0 Å². The first-order valence-electron chi connectivity index (χ1n) is 8.42. The van der Waals surface area contributed by atoms with E-state index in [1.54, 1.807) is 19.1 Å². The second-order valence-electron chi connectivity index (χ2n) is 6.20. The van der Waals surface area contributed by atoms with Gasteiger partial charge in [-0.15, -0.1) is 0 Å². The Bertz CT molecular complexity index is 678. The average molecular weight is 354 g/mol. The zero-order valence-corrected chi connectivity index (χ0v) is 15.1. The predicted molar refractivity (Wildman–Crippen MR) is 92.4 cm³/mol. The van der Waals surface area contributed by atoms with Gasteiger partial charge in [-0.25, -0.2) is 8.42 Å². The molecule has 1 atom stereocenters. The third-order valence-electron chi connectivity index (χ3n) is 4.45. The number of aliphatic hydroxyl groups is 1. The molecule has 0 aromatic heterocycles. The molecule has 1 unspecified atom stereocenters. The molecule has 2 rings (SSSR count). The van der Waals surface area contributed by atoms with Crippen molar-refractivity contribution in [1.82, 2.24) is 9.62 Å². The summed E-state index contributed by atoms with van der Waals surface area (Å²) in [6.45, 7) is 4.55. The summed E-state index contributed by atoms with van der Waals surface area (Å²) in [6, 6.07) is 4.32. The molecular weight excluding hydrogens is 328 g/mol. The molecule has 134 valence electrons. The van der Waals surface area contributed by atoms with Crippen LogP contribution in [0.4, 0.5) is 0 Å². The molecule has 0 aliphatic carbocycles. The van der Waals surface area contributed by atoms with Gasteiger partial charge in [0.2, 0.25) is 10.0 Å². The standard InChI is InChI=1S/C17H26N2O4S/c1-3-14(12-20)18-17(21)16-11-15(8-7-13(16)2)24(22,23)19-9-5-4-6-10-19/h7-8,11,14,20H,3-6,9-10,12H2,1-2H3,(H,18,21). The van der Waals surface area contributed by atoms with Crippen LogP contribution in [0.25, 0.3) is 0 Å². The van der Waals surface area contributed by atoms with E-state index in [2.05, 4.69) is 5.32 Å². The van der Waals surface area contributed by atoms with Crippen LogP contribution in [0.5, 0.6) is 0 Å². The second kappa shape index (κ2) is 8.09. The molecule has 1 heterocycles. The molecule has 7 heteroatoms. The van der Waals surface area contributed by atoms with E-state index in [9.17, 15) is 18.3 Å². The summed E-state index contributed by atoms with van der Waals surface area (Å²) in [5.74, 6) is -0.357. The highest BCUT2D eigenvalue weighted by Crippen LogP contribution is 2.23. The lowest BCUT2D eigenvalue weighted by atomic mass is 10.1. The quantitative estimate of drug-likeness (QED) is 0.814. The maximum atomic E-state index is 12.8. The first-order chi connectivity index (χ1) is 11.4. The number of nitrogens with zero attached hydrogens (tertiary/aromatic N) is 1. The normalized spacial score (nSPS) is 17.5. The summed E-state index contributed by atoms with van der Waals surface area (Å²) in [5.41, 5.74) is 1.04. The summed E-state index contributed by atoms with van der Waals surface area (Å²) in [7, 11) is -3.57. The minimum absolute atomic E-state index is 0.146. The number of amides is 1. The fourth-order valence-electron chi connectivity index (χ4n) is 2.80. The largest absolute Gasteiger partial charge is 0.394 e. The average Bonchev–Trinajstić information content (AvgIpc) is 2.60. The van der Waals surface area contributed by atoms with Crippen molar-refractivity contribution >= 4 is 15.9 Å². The summed E-state index contributed by atoms with van der Waals surface area (Å²) in [6.07, 6.45) is 3.39. The van der Waals surface area contributed by atoms with Gasteiger partial charge in [-0.3, -0.25) is 4.79 Å². The van der Waals surface area contributed by atoms with Crippen LogP contribution >= 0.6 is 0 Å². The van der Waals surface area contributed by atoms with Gasteiger partial charge in [-0.05, 0) is 43.9 Å². The third kappa shape index (κ3) is 4.15. The predicted octanol–water partition coefficient (Wildman–Crippen LogP) is 1.67. The maximum absolute atomic E-state index is 12.8. The van der Waals surface area contributed by atoms with Crippen LogP contribution in [-0.2, 0) is 10.0 Å². The molecule has 1 aliphatic rings. The maximum Gasteiger partial charge on any atom is 0.251 e. The minimum atomic E-state index is -3.57. The molecule has 1 aromatic carbocycles. The molecule has 1 amide bonds. The molecule has 24 heavy (non-hydrogen) atoms. The van der Waals surface area contributed by atoms with Crippen LogP contribution in [-0.4, -0.2) is 49.5 Å². The number of carbonyl (C=O) groups excluding carboxylic acids is 1. The number of rotatable bonds is 6. The van der Waals surface area contributed by atoms with Crippen molar-refractivity contribution in [3.8, 4) is 0 Å². The molecule has 1 aromatic rings. The van der Waals surface area contributed by atoms with E-state index in [0.717, 1.165) is 19.3 Å². The Morgan fingerprint density at radius 2 is 1.96 bits per heavy atom. The molecule has 0 radical (unpaired) electrons. The topological polar surface area (TPSA) is 86.7 Å². The first-order valence-corrected chi connectivity index (χ1v) is 9.86. The second-order valence-corrected chi connectivity index (χ2v) is 8.14. The van der Waals surface area contributed by atoms with Crippen LogP contribution in [0.15, 0.2) is 23.1 Å². The molecule has 0 saturated carbocycles. The van der Waals surface area contributed by atoms with Gasteiger partial charge in [-0.2, -0.15) is 4.31 Å². The highest BCUT2D eigenvalue weighted by Gasteiger charge is 2.27. The van der Waals surface area contributed by atoms with Gasteiger partial charge < -0.3 is 10.4 Å². The highest BCUT2D eigenvalue weighted by molar-refractivity contribution is 7.89. The van der Waals surface area contributed by atoms with E-state index in [1.165, 1.54) is 10.4 Å². The lowest BCUT2D eigenvalue weighted by molar-refractivity contribution is 0.0914. The zero-order chi connectivity index (χ0) is 17.7. The first kappa shape index (κ1) is 18.9. The molecule has 1 aliphatic heterocycles. The Hall–Kier alpha value is -1.44. The van der Waals surface area contributed by atoms with Crippen LogP contribution in [0.1, 0.15) is 48.5 Å². The molecule has 2 N–H and O–H groups in total. The zero-order valence-electron chi connectivity index (χ0n) is 14.3. The number of piperidine rings is 1. The van der Waals surface area contributed by atoms with E-state index < -0.39 is 10.0 Å². The number of hydrogen-bond donors (Lipinski definition) is 2. The number of aliphatic hydroxyl groups excluding tert-OH is 1. The van der Waals surface area contributed by atoms with Gasteiger partial charge in [0, 0.05) is 18.7 Å². The summed E-state index contributed by atoms with van der Waals surface area (Å²) in [4.78, 5) is 12.6. The lowest BCUT2D eigenvalue weighted by Gasteiger charge is -2.26. The van der Waals surface area contributed by atoms with E-state index in [0.29, 0.717) is 30.6 Å². The van der Waals surface area contributed by atoms with Crippen LogP contribution in [0, 0.1) is 6.92 Å². The van der Waals surface area contributed by atoms with Crippen LogP contribution in [0.3, 0.4) is 0 Å². The van der Waals surface area contributed by atoms with Gasteiger partial charge in [0.25, 0.3) is 5.91 Å². The summed E-state index contributed by atoms with van der Waals surface area (Å²) >= 11 is 0. The fourth-order valence-corrected chi connectivity index (χ4v) is 4.34. The Morgan fingerprint density at radius 1 is 1.29 bits per heavy atom. The molecule has 1 fully saturated rings. The van der Waals surface area contributed by atoms with E-state index in [4.69, 9.17) is 0 Å². The number of sulfonamides is 1. The van der Waals surface area contributed by atoms with Crippen molar-refractivity contribution in [3.05, 3.63) is 29.3 Å². The van der Waals surface area contributed by atoms with Crippen LogP contribution < -0.4 is 5.32 Å². The van der Waals surface area contributed by atoms with Gasteiger partial charge in [0.15, 0.2) is 0 Å². The van der Waals surface area contributed by atoms with Gasteiger partial charge in [0.05, 0.1) is 17.5 Å². The van der Waals surface area contributed by atoms with Crippen molar-refractivity contribution < 1.29 is 18.3 Å². The smallest absolute Gasteiger partial charge is 0.251 e. The summed E-state index contributed by atoms with van der Waals surface area (Å²) < 4.78 is 27.0. The monoisotopic (exact) mass is 354 g/mol. The molecule has 6 nitrogen and oxygen atoms in total. The highest BCUT2D eigenvalue weighted by atomic mass is 32.2. The summed E-state index contributed by atoms with van der Waals surface area (Å²) in [5, 5.41) is 12.0. The Balaban J connectivity index is 2.29. The number of hydrogen-bond acceptors (Lipinski definition) is 4. The van der Waals surface area contributed by atoms with Crippen LogP contribution in [0.2, 0.25) is 0 Å². The van der Waals surface area contributed by atoms with E-state index >= 15 is 0 Å². The van der Waals surface area contributed by atoms with Crippen molar-refractivity contribution in [2.45, 2.75) is 50.5 Å². The van der Waals surface area contributed by atoms with Crippen molar-refractivity contribution in [3.63, 3.8) is 0 Å². The van der Waals surface area contributed by atoms with E-state index in [-0.39, 0.29) is 23.5 Å². The number of aryl methyl sites for hydroxylation is 1. The van der Waals surface area contributed by atoms with Gasteiger partial charge in [0.1, 0.15) is 0 Å². The SMILES string of the molecule is CCC(CO)NC(=O)c1cc(S(=O)(=O)N2CCCCC2)ccc1C. The molecule has 0 spiro atoms. The molecule has 0 bridgehead atoms. The van der Waals surface area contributed by atoms with Gasteiger partial charge in [-0.1, -0.05) is 19.4 Å². The number of nitrogens with one attached hydrogen (secondary N) is 1. The molecule has 1 saturated heterocycles. The number of benzene rings is 1. The minimum Gasteiger partial charge on any atom is -0.394 e. The molecular formula is C17H26N2O4S. The van der Waals surface area contributed by atoms with Crippen molar-refractivity contribution in [2.24, 2.45) is 0 Å². The van der Waals surface area contributed by atoms with E-state index in [1.807, 2.05) is 6.92 Å². The third-order valence-corrected chi connectivity index (χ3v) is 6.35. The Labute approximate surface area is 143 Å². The van der Waals surface area contributed by atoms with Crippen molar-refractivity contribution in [2.75, 3.05) is 19.7 Å². The van der Waals surface area contributed by atoms with Gasteiger partial charge >= 0.3 is 0 Å². The Morgan fingerprint density at radius 3 is 2.54 bits per heavy atom. The number of carbonyl (C=O) groups is 1. The fraction of sp³-hybridized carbons (Fsp3) is 0.588. The lowest BCUT2D eigenvalue weighted by Crippen LogP contribution is -2.38. The Kier molecular flexibility index (Phi) is 6.37.